The maximum Gasteiger partial charge on any atom is 0.138 e. The lowest BCUT2D eigenvalue weighted by Crippen LogP contribution is -2.44. The molecule has 0 amide bonds. The van der Waals surface area contributed by atoms with E-state index in [1.165, 1.54) is 0 Å². The summed E-state index contributed by atoms with van der Waals surface area (Å²) in [6, 6.07) is 16.5. The predicted molar refractivity (Wildman–Crippen MR) is 124 cm³/mol. The van der Waals surface area contributed by atoms with Gasteiger partial charge in [-0.1, -0.05) is 12.1 Å². The van der Waals surface area contributed by atoms with Crippen molar-refractivity contribution in [3.05, 3.63) is 60.9 Å². The number of piperazine rings is 1. The van der Waals surface area contributed by atoms with Crippen molar-refractivity contribution >= 4 is 27.6 Å². The molecule has 6 rings (SSSR count). The lowest BCUT2D eigenvalue weighted by atomic mass is 10.1. The summed E-state index contributed by atoms with van der Waals surface area (Å²) in [6.07, 6.45) is 3.71. The van der Waals surface area contributed by atoms with Gasteiger partial charge in [-0.15, -0.1) is 0 Å². The molecular weight excluding hydrogens is 386 g/mol. The molecule has 7 heteroatoms. The smallest absolute Gasteiger partial charge is 0.138 e. The van der Waals surface area contributed by atoms with Crippen molar-refractivity contribution in [1.82, 2.24) is 30.0 Å². The fourth-order valence-electron chi connectivity index (χ4n) is 4.35. The van der Waals surface area contributed by atoms with E-state index in [0.29, 0.717) is 0 Å². The summed E-state index contributed by atoms with van der Waals surface area (Å²) in [6.45, 7) is 4.08. The van der Waals surface area contributed by atoms with Gasteiger partial charge in [0, 0.05) is 54.9 Å². The number of nitrogens with zero attached hydrogens (tertiary/aromatic N) is 5. The van der Waals surface area contributed by atoms with E-state index >= 15 is 0 Å². The van der Waals surface area contributed by atoms with Gasteiger partial charge in [0.05, 0.1) is 22.4 Å². The molecule has 31 heavy (non-hydrogen) atoms. The molecule has 5 heterocycles. The average Bonchev–Trinajstić information content (AvgIpc) is 3.43. The first kappa shape index (κ1) is 18.1. The van der Waals surface area contributed by atoms with Crippen LogP contribution in [-0.2, 0) is 0 Å². The lowest BCUT2D eigenvalue weighted by Gasteiger charge is -2.33. The first-order valence-electron chi connectivity index (χ1n) is 10.6. The fraction of sp³-hybridized carbons (Fsp3) is 0.208. The zero-order valence-electron chi connectivity index (χ0n) is 17.3. The van der Waals surface area contributed by atoms with Gasteiger partial charge in [-0.3, -0.25) is 10.1 Å². The number of rotatable bonds is 3. The van der Waals surface area contributed by atoms with Gasteiger partial charge in [0.2, 0.25) is 0 Å². The molecule has 0 radical (unpaired) electrons. The minimum absolute atomic E-state index is 0.910. The zero-order valence-corrected chi connectivity index (χ0v) is 17.3. The second kappa shape index (κ2) is 7.21. The van der Waals surface area contributed by atoms with Crippen LogP contribution in [0, 0.1) is 0 Å². The first-order chi connectivity index (χ1) is 15.3. The van der Waals surface area contributed by atoms with Crippen molar-refractivity contribution in [2.75, 3.05) is 38.1 Å². The Morgan fingerprint density at radius 3 is 2.58 bits per heavy atom. The molecule has 5 aromatic rings. The van der Waals surface area contributed by atoms with E-state index in [1.54, 1.807) is 0 Å². The quantitative estimate of drug-likeness (QED) is 0.472. The zero-order chi connectivity index (χ0) is 20.8. The number of nitrogens with one attached hydrogen (secondary N) is 2. The van der Waals surface area contributed by atoms with Gasteiger partial charge in [0.1, 0.15) is 11.5 Å². The Labute approximate surface area is 179 Å². The van der Waals surface area contributed by atoms with Crippen LogP contribution in [-0.4, -0.2) is 63.3 Å². The maximum atomic E-state index is 4.72. The van der Waals surface area contributed by atoms with Crippen LogP contribution in [0.5, 0.6) is 0 Å². The van der Waals surface area contributed by atoms with E-state index in [1.807, 2.05) is 36.7 Å². The molecule has 0 aliphatic carbocycles. The summed E-state index contributed by atoms with van der Waals surface area (Å²) in [5.74, 6) is 1.04. The minimum Gasteiger partial charge on any atom is -0.353 e. The summed E-state index contributed by atoms with van der Waals surface area (Å²) in [5.41, 5.74) is 6.01. The Morgan fingerprint density at radius 2 is 1.74 bits per heavy atom. The number of hydrogen-bond acceptors (Lipinski definition) is 5. The molecule has 4 aromatic heterocycles. The van der Waals surface area contributed by atoms with Crippen LogP contribution >= 0.6 is 0 Å². The van der Waals surface area contributed by atoms with Gasteiger partial charge in [-0.05, 0) is 43.4 Å². The number of likely N-dealkylation sites (N-methyl/N-ethyl adjacent to an activating group) is 1. The topological polar surface area (TPSA) is 76.7 Å². The van der Waals surface area contributed by atoms with Crippen LogP contribution in [0.25, 0.3) is 44.5 Å². The van der Waals surface area contributed by atoms with Crippen molar-refractivity contribution in [3.63, 3.8) is 0 Å². The highest BCUT2D eigenvalue weighted by atomic mass is 15.3. The molecule has 1 saturated heterocycles. The van der Waals surface area contributed by atoms with Crippen LogP contribution in [0.4, 0.5) is 5.82 Å². The lowest BCUT2D eigenvalue weighted by molar-refractivity contribution is 0.312. The number of aromatic amines is 2. The Bertz CT molecular complexity index is 1360. The average molecular weight is 409 g/mol. The molecular formula is C24H23N7. The molecule has 0 unspecified atom stereocenters. The van der Waals surface area contributed by atoms with Crippen molar-refractivity contribution in [2.24, 2.45) is 0 Å². The van der Waals surface area contributed by atoms with Crippen molar-refractivity contribution in [3.8, 4) is 22.6 Å². The van der Waals surface area contributed by atoms with Gasteiger partial charge in [-0.25, -0.2) is 4.98 Å². The Hall–Kier alpha value is -3.71. The summed E-state index contributed by atoms with van der Waals surface area (Å²) in [5, 5.41) is 10.0. The number of fused-ring (bicyclic) bond motifs is 2. The van der Waals surface area contributed by atoms with Gasteiger partial charge >= 0.3 is 0 Å². The van der Waals surface area contributed by atoms with E-state index in [9.17, 15) is 0 Å². The van der Waals surface area contributed by atoms with E-state index in [0.717, 1.165) is 76.4 Å². The monoisotopic (exact) mass is 409 g/mol. The van der Waals surface area contributed by atoms with Gasteiger partial charge in [0.15, 0.2) is 0 Å². The van der Waals surface area contributed by atoms with Crippen LogP contribution in [0.15, 0.2) is 60.9 Å². The highest BCUT2D eigenvalue weighted by Gasteiger charge is 2.20. The van der Waals surface area contributed by atoms with Crippen LogP contribution in [0.2, 0.25) is 0 Å². The molecule has 7 nitrogen and oxygen atoms in total. The number of benzene rings is 1. The van der Waals surface area contributed by atoms with Crippen molar-refractivity contribution in [1.29, 1.82) is 0 Å². The first-order valence-corrected chi connectivity index (χ1v) is 10.6. The summed E-state index contributed by atoms with van der Waals surface area (Å²) < 4.78 is 0. The second-order valence-corrected chi connectivity index (χ2v) is 8.12. The molecule has 2 N–H and O–H groups in total. The van der Waals surface area contributed by atoms with E-state index in [2.05, 4.69) is 61.3 Å². The fourth-order valence-corrected chi connectivity index (χ4v) is 4.35. The largest absolute Gasteiger partial charge is 0.353 e. The number of anilines is 1. The van der Waals surface area contributed by atoms with Crippen LogP contribution in [0.1, 0.15) is 0 Å². The molecule has 0 saturated carbocycles. The molecule has 154 valence electrons. The molecule has 1 aromatic carbocycles. The van der Waals surface area contributed by atoms with Crippen LogP contribution in [0.3, 0.4) is 0 Å². The molecule has 1 fully saturated rings. The van der Waals surface area contributed by atoms with Crippen molar-refractivity contribution < 1.29 is 0 Å². The van der Waals surface area contributed by atoms with E-state index in [-0.39, 0.29) is 0 Å². The third-order valence-electron chi connectivity index (χ3n) is 6.11. The highest BCUT2D eigenvalue weighted by Crippen LogP contribution is 2.33. The minimum atomic E-state index is 0.910. The Morgan fingerprint density at radius 1 is 0.839 bits per heavy atom. The molecule has 0 spiro atoms. The maximum absolute atomic E-state index is 4.72. The molecule has 1 aliphatic rings. The van der Waals surface area contributed by atoms with Crippen LogP contribution < -0.4 is 4.90 Å². The number of H-pyrrole nitrogens is 2. The van der Waals surface area contributed by atoms with Gasteiger partial charge in [-0.2, -0.15) is 5.10 Å². The third kappa shape index (κ3) is 3.14. The van der Waals surface area contributed by atoms with E-state index < -0.39 is 0 Å². The number of pyridine rings is 2. The Kier molecular flexibility index (Phi) is 4.21. The third-order valence-corrected chi connectivity index (χ3v) is 6.11. The van der Waals surface area contributed by atoms with E-state index in [4.69, 9.17) is 4.98 Å². The standard InChI is InChI=1S/C24H23N7/c1-30-10-12-31(13-11-30)24-18-15-22(27-20(18)7-9-26-24)23-17-14-16(5-6-21(17)28-29-23)19-4-2-3-8-25-19/h2-9,14-15,27H,10-13H2,1H3,(H,28,29). The molecule has 0 atom stereocenters. The second-order valence-electron chi connectivity index (χ2n) is 8.12. The molecule has 1 aliphatic heterocycles. The number of hydrogen-bond donors (Lipinski definition) is 2. The van der Waals surface area contributed by atoms with Crippen molar-refractivity contribution in [2.45, 2.75) is 0 Å². The summed E-state index contributed by atoms with van der Waals surface area (Å²) in [4.78, 5) is 17.5. The molecule has 0 bridgehead atoms. The SMILES string of the molecule is CN1CCN(c2nccc3[nH]c(-c4n[nH]c5ccc(-c6ccccn6)cc45)cc23)CC1. The highest BCUT2D eigenvalue weighted by molar-refractivity contribution is 6.00. The summed E-state index contributed by atoms with van der Waals surface area (Å²) in [7, 11) is 2.17. The summed E-state index contributed by atoms with van der Waals surface area (Å²) >= 11 is 0. The van der Waals surface area contributed by atoms with Gasteiger partial charge in [0.25, 0.3) is 0 Å². The normalized spacial score (nSPS) is 15.2. The Balaban J connectivity index is 1.44. The number of aromatic nitrogens is 5. The predicted octanol–water partition coefficient (Wildman–Crippen LogP) is 3.92. The van der Waals surface area contributed by atoms with Gasteiger partial charge < -0.3 is 14.8 Å².